The van der Waals surface area contributed by atoms with Gasteiger partial charge in [-0.3, -0.25) is 0 Å². The Bertz CT molecular complexity index is 316. The second kappa shape index (κ2) is 5.49. The fraction of sp³-hybridized carbons (Fsp3) is 0.600. The summed E-state index contributed by atoms with van der Waals surface area (Å²) in [6, 6.07) is 0. The number of hydrogen-bond acceptors (Lipinski definition) is 1. The van der Waals surface area contributed by atoms with Gasteiger partial charge in [0.2, 0.25) is 0 Å². The van der Waals surface area contributed by atoms with E-state index in [9.17, 15) is 0 Å². The quantitative estimate of drug-likeness (QED) is 0.695. The van der Waals surface area contributed by atoms with Crippen LogP contribution in [0.4, 0.5) is 0 Å². The molecule has 0 saturated carbocycles. The normalized spacial score (nSPS) is 19.4. The highest BCUT2D eigenvalue weighted by atomic mass is 15.0. The van der Waals surface area contributed by atoms with E-state index < -0.39 is 0 Å². The zero-order chi connectivity index (χ0) is 12.2. The largest absolute Gasteiger partial charge is 0.309 e. The fourth-order valence-electron chi connectivity index (χ4n) is 1.82. The fourth-order valence-corrected chi connectivity index (χ4v) is 1.82. The molecule has 0 spiro atoms. The number of allylic oxidation sites excluding steroid dienone is 6. The lowest BCUT2D eigenvalue weighted by molar-refractivity contribution is 0.400. The predicted molar refractivity (Wildman–Crippen MR) is 72.5 cm³/mol. The molecule has 1 aliphatic rings. The summed E-state index contributed by atoms with van der Waals surface area (Å²) in [7, 11) is 4.26. The molecule has 1 aliphatic carbocycles. The summed E-state index contributed by atoms with van der Waals surface area (Å²) >= 11 is 0. The summed E-state index contributed by atoms with van der Waals surface area (Å²) in [6.07, 6.45) is 11.6. The summed E-state index contributed by atoms with van der Waals surface area (Å²) in [5.41, 5.74) is 3.11. The molecule has 0 aromatic carbocycles. The van der Waals surface area contributed by atoms with Crippen LogP contribution < -0.4 is 0 Å². The van der Waals surface area contributed by atoms with Gasteiger partial charge in [0.1, 0.15) is 0 Å². The van der Waals surface area contributed by atoms with Gasteiger partial charge in [-0.25, -0.2) is 0 Å². The maximum Gasteiger partial charge on any atom is 0.00108 e. The molecule has 0 N–H and O–H groups in total. The van der Waals surface area contributed by atoms with E-state index in [0.717, 1.165) is 6.54 Å². The van der Waals surface area contributed by atoms with E-state index in [1.807, 2.05) is 0 Å². The average molecular weight is 219 g/mol. The zero-order valence-electron chi connectivity index (χ0n) is 11.4. The minimum absolute atomic E-state index is 0.199. The van der Waals surface area contributed by atoms with Crippen molar-refractivity contribution in [3.63, 3.8) is 0 Å². The first-order chi connectivity index (χ1) is 7.41. The summed E-state index contributed by atoms with van der Waals surface area (Å²) in [4.78, 5) is 2.25. The molecule has 0 aromatic heterocycles. The van der Waals surface area contributed by atoms with E-state index in [1.54, 1.807) is 0 Å². The third-order valence-electron chi connectivity index (χ3n) is 3.03. The first-order valence-electron chi connectivity index (χ1n) is 6.14. The summed E-state index contributed by atoms with van der Waals surface area (Å²) in [5.74, 6) is 0. The van der Waals surface area contributed by atoms with Crippen LogP contribution in [0, 0.1) is 5.41 Å². The van der Waals surface area contributed by atoms with Gasteiger partial charge in [-0.1, -0.05) is 38.2 Å². The minimum atomic E-state index is 0.199. The standard InChI is InChI=1S/C15H25N/c1-13-8-10-15(2,3)11-9-14(13)7-6-12-16(4)5/h8-11H,6-7,12H2,1-5H3. The van der Waals surface area contributed by atoms with E-state index in [2.05, 4.69) is 64.1 Å². The van der Waals surface area contributed by atoms with Crippen molar-refractivity contribution in [2.45, 2.75) is 33.6 Å². The zero-order valence-corrected chi connectivity index (χ0v) is 11.4. The smallest absolute Gasteiger partial charge is 0.00108 e. The molecule has 1 heteroatoms. The van der Waals surface area contributed by atoms with Crippen molar-refractivity contribution >= 4 is 0 Å². The first kappa shape index (κ1) is 13.2. The monoisotopic (exact) mass is 219 g/mol. The van der Waals surface area contributed by atoms with E-state index in [4.69, 9.17) is 0 Å². The van der Waals surface area contributed by atoms with Crippen molar-refractivity contribution < 1.29 is 0 Å². The molecule has 0 aliphatic heterocycles. The van der Waals surface area contributed by atoms with Gasteiger partial charge in [-0.05, 0) is 51.6 Å². The minimum Gasteiger partial charge on any atom is -0.309 e. The Morgan fingerprint density at radius 1 is 1.12 bits per heavy atom. The van der Waals surface area contributed by atoms with Crippen molar-refractivity contribution in [1.82, 2.24) is 4.90 Å². The Kier molecular flexibility index (Phi) is 4.55. The summed E-state index contributed by atoms with van der Waals surface area (Å²) in [6.45, 7) is 7.87. The van der Waals surface area contributed by atoms with Crippen LogP contribution >= 0.6 is 0 Å². The van der Waals surface area contributed by atoms with Crippen molar-refractivity contribution in [1.29, 1.82) is 0 Å². The third-order valence-corrected chi connectivity index (χ3v) is 3.03. The molecule has 90 valence electrons. The van der Waals surface area contributed by atoms with Gasteiger partial charge < -0.3 is 4.90 Å². The predicted octanol–water partition coefficient (Wildman–Crippen LogP) is 3.80. The molecule has 0 amide bonds. The summed E-state index contributed by atoms with van der Waals surface area (Å²) in [5, 5.41) is 0. The van der Waals surface area contributed by atoms with E-state index in [0.29, 0.717) is 0 Å². The molecular formula is C15H25N. The van der Waals surface area contributed by atoms with Gasteiger partial charge in [0, 0.05) is 5.41 Å². The van der Waals surface area contributed by atoms with Crippen LogP contribution in [0.5, 0.6) is 0 Å². The topological polar surface area (TPSA) is 3.24 Å². The molecule has 0 bridgehead atoms. The van der Waals surface area contributed by atoms with Gasteiger partial charge in [0.05, 0.1) is 0 Å². The highest BCUT2D eigenvalue weighted by molar-refractivity contribution is 5.37. The van der Waals surface area contributed by atoms with Gasteiger partial charge in [0.15, 0.2) is 0 Å². The second-order valence-electron chi connectivity index (χ2n) is 5.60. The molecule has 1 rings (SSSR count). The number of rotatable bonds is 4. The molecule has 16 heavy (non-hydrogen) atoms. The highest BCUT2D eigenvalue weighted by Gasteiger charge is 2.12. The van der Waals surface area contributed by atoms with Gasteiger partial charge in [-0.15, -0.1) is 0 Å². The lowest BCUT2D eigenvalue weighted by Gasteiger charge is -2.12. The van der Waals surface area contributed by atoms with E-state index in [1.165, 1.54) is 24.0 Å². The Morgan fingerprint density at radius 2 is 1.75 bits per heavy atom. The summed E-state index contributed by atoms with van der Waals surface area (Å²) < 4.78 is 0. The molecule has 0 heterocycles. The van der Waals surface area contributed by atoms with E-state index >= 15 is 0 Å². The maximum atomic E-state index is 2.31. The van der Waals surface area contributed by atoms with Crippen LogP contribution in [0.3, 0.4) is 0 Å². The van der Waals surface area contributed by atoms with Crippen LogP contribution in [0.2, 0.25) is 0 Å². The Labute approximate surface area is 101 Å². The van der Waals surface area contributed by atoms with Crippen LogP contribution in [0.15, 0.2) is 35.5 Å². The lowest BCUT2D eigenvalue weighted by atomic mass is 9.93. The van der Waals surface area contributed by atoms with Gasteiger partial charge >= 0.3 is 0 Å². The molecular weight excluding hydrogens is 194 g/mol. The van der Waals surface area contributed by atoms with Crippen LogP contribution in [-0.2, 0) is 0 Å². The highest BCUT2D eigenvalue weighted by Crippen LogP contribution is 2.26. The number of hydrogen-bond donors (Lipinski definition) is 0. The molecule has 0 unspecified atom stereocenters. The van der Waals surface area contributed by atoms with Gasteiger partial charge in [0.25, 0.3) is 0 Å². The lowest BCUT2D eigenvalue weighted by Crippen LogP contribution is -2.12. The van der Waals surface area contributed by atoms with Crippen molar-refractivity contribution in [3.05, 3.63) is 35.5 Å². The molecule has 0 fully saturated rings. The SMILES string of the molecule is CC1=C(CCCN(C)C)C=CC(C)(C)C=C1. The van der Waals surface area contributed by atoms with Crippen LogP contribution in [0.25, 0.3) is 0 Å². The van der Waals surface area contributed by atoms with Crippen LogP contribution in [-0.4, -0.2) is 25.5 Å². The Balaban J connectivity index is 2.62. The van der Waals surface area contributed by atoms with Crippen molar-refractivity contribution in [2.24, 2.45) is 5.41 Å². The van der Waals surface area contributed by atoms with Gasteiger partial charge in [-0.2, -0.15) is 0 Å². The third kappa shape index (κ3) is 4.36. The Morgan fingerprint density at radius 3 is 2.38 bits per heavy atom. The number of nitrogens with zero attached hydrogens (tertiary/aromatic N) is 1. The molecule has 0 aromatic rings. The average Bonchev–Trinajstić information content (AvgIpc) is 2.30. The maximum absolute atomic E-state index is 2.31. The molecule has 0 saturated heterocycles. The molecule has 0 atom stereocenters. The first-order valence-corrected chi connectivity index (χ1v) is 6.14. The van der Waals surface area contributed by atoms with Crippen molar-refractivity contribution in [3.8, 4) is 0 Å². The van der Waals surface area contributed by atoms with E-state index in [-0.39, 0.29) is 5.41 Å². The van der Waals surface area contributed by atoms with Crippen LogP contribution in [0.1, 0.15) is 33.6 Å². The second-order valence-corrected chi connectivity index (χ2v) is 5.60. The van der Waals surface area contributed by atoms with Crippen molar-refractivity contribution in [2.75, 3.05) is 20.6 Å². The molecule has 0 radical (unpaired) electrons. The molecule has 1 nitrogen and oxygen atoms in total. The Hall–Kier alpha value is -0.820.